The van der Waals surface area contributed by atoms with Crippen LogP contribution in [-0.2, 0) is 14.3 Å². The molecule has 1 aromatic heterocycles. The van der Waals surface area contributed by atoms with Crippen molar-refractivity contribution in [2.45, 2.75) is 32.8 Å². The van der Waals surface area contributed by atoms with Gasteiger partial charge in [0.1, 0.15) is 0 Å². The van der Waals surface area contributed by atoms with Crippen LogP contribution < -0.4 is 5.32 Å². The van der Waals surface area contributed by atoms with E-state index in [0.29, 0.717) is 17.1 Å². The molecular weight excluding hydrogens is 370 g/mol. The first-order chi connectivity index (χ1) is 13.0. The van der Waals surface area contributed by atoms with Gasteiger partial charge in [0.25, 0.3) is 5.91 Å². The lowest BCUT2D eigenvalue weighted by molar-refractivity contribution is -0.124. The third kappa shape index (κ3) is 4.67. The fourth-order valence-corrected chi connectivity index (χ4v) is 3.03. The molecule has 1 aromatic carbocycles. The Morgan fingerprint density at radius 2 is 2.07 bits per heavy atom. The van der Waals surface area contributed by atoms with Crippen LogP contribution in [0.1, 0.15) is 34.6 Å². The molecule has 1 N–H and O–H groups in total. The van der Waals surface area contributed by atoms with Gasteiger partial charge in [0.2, 0.25) is 0 Å². The monoisotopic (exact) mass is 391 g/mol. The van der Waals surface area contributed by atoms with Crippen LogP contribution in [0.15, 0.2) is 24.3 Å². The summed E-state index contributed by atoms with van der Waals surface area (Å²) in [6.45, 7) is 4.56. The smallest absolute Gasteiger partial charge is 0.338 e. The standard InChI is InChI=1S/C19H22ClN3O4/c1-12-18(20)13(2)23(22-12)15-7-5-14(6-8-15)19(25)27-11-17(24)21-10-16-4-3-9-26-16/h5-8,16H,3-4,9-11H2,1-2H3,(H,21,24). The van der Waals surface area contributed by atoms with Crippen molar-refractivity contribution < 1.29 is 19.1 Å². The minimum Gasteiger partial charge on any atom is -0.452 e. The normalized spacial score (nSPS) is 16.3. The average Bonchev–Trinajstić information content (AvgIpc) is 3.29. The van der Waals surface area contributed by atoms with Crippen LogP contribution in [0.5, 0.6) is 0 Å². The van der Waals surface area contributed by atoms with Crippen LogP contribution in [0.3, 0.4) is 0 Å². The first-order valence-electron chi connectivity index (χ1n) is 8.83. The molecule has 0 spiro atoms. The number of carbonyl (C=O) groups excluding carboxylic acids is 2. The van der Waals surface area contributed by atoms with Gasteiger partial charge in [-0.1, -0.05) is 11.6 Å². The fraction of sp³-hybridized carbons (Fsp3) is 0.421. The van der Waals surface area contributed by atoms with Gasteiger partial charge in [0.05, 0.1) is 33.8 Å². The molecule has 1 atom stereocenters. The molecule has 0 bridgehead atoms. The Morgan fingerprint density at radius 3 is 2.67 bits per heavy atom. The van der Waals surface area contributed by atoms with Crippen molar-refractivity contribution in [1.82, 2.24) is 15.1 Å². The number of nitrogens with zero attached hydrogens (tertiary/aromatic N) is 2. The van der Waals surface area contributed by atoms with Gasteiger partial charge in [-0.25, -0.2) is 9.48 Å². The van der Waals surface area contributed by atoms with E-state index in [1.54, 1.807) is 28.9 Å². The van der Waals surface area contributed by atoms with E-state index >= 15 is 0 Å². The SMILES string of the molecule is Cc1nn(-c2ccc(C(=O)OCC(=O)NCC3CCCO3)cc2)c(C)c1Cl. The van der Waals surface area contributed by atoms with Crippen molar-refractivity contribution in [3.05, 3.63) is 46.2 Å². The summed E-state index contributed by atoms with van der Waals surface area (Å²) in [5.41, 5.74) is 2.71. The van der Waals surface area contributed by atoms with E-state index in [9.17, 15) is 9.59 Å². The molecule has 144 valence electrons. The largest absolute Gasteiger partial charge is 0.452 e. The highest BCUT2D eigenvalue weighted by atomic mass is 35.5. The summed E-state index contributed by atoms with van der Waals surface area (Å²) < 4.78 is 12.2. The van der Waals surface area contributed by atoms with Crippen LogP contribution in [0.25, 0.3) is 5.69 Å². The van der Waals surface area contributed by atoms with Gasteiger partial charge >= 0.3 is 5.97 Å². The van der Waals surface area contributed by atoms with Gasteiger partial charge in [0.15, 0.2) is 6.61 Å². The van der Waals surface area contributed by atoms with Crippen molar-refractivity contribution in [2.24, 2.45) is 0 Å². The second-order valence-corrected chi connectivity index (χ2v) is 6.84. The molecule has 1 fully saturated rings. The number of aromatic nitrogens is 2. The number of esters is 1. The Kier molecular flexibility index (Phi) is 6.13. The van der Waals surface area contributed by atoms with E-state index in [2.05, 4.69) is 10.4 Å². The second-order valence-electron chi connectivity index (χ2n) is 6.46. The number of amides is 1. The maximum absolute atomic E-state index is 12.1. The fourth-order valence-electron chi connectivity index (χ4n) is 2.91. The highest BCUT2D eigenvalue weighted by Crippen LogP contribution is 2.22. The molecule has 1 aliphatic rings. The zero-order valence-electron chi connectivity index (χ0n) is 15.3. The highest BCUT2D eigenvalue weighted by Gasteiger charge is 2.17. The van der Waals surface area contributed by atoms with E-state index < -0.39 is 5.97 Å². The summed E-state index contributed by atoms with van der Waals surface area (Å²) in [6, 6.07) is 6.77. The third-order valence-electron chi connectivity index (χ3n) is 4.44. The average molecular weight is 392 g/mol. The quantitative estimate of drug-likeness (QED) is 0.765. The van der Waals surface area contributed by atoms with Crippen molar-refractivity contribution in [1.29, 1.82) is 0 Å². The van der Waals surface area contributed by atoms with E-state index in [1.807, 2.05) is 13.8 Å². The Labute approximate surface area is 162 Å². The molecule has 1 unspecified atom stereocenters. The molecule has 0 aliphatic carbocycles. The van der Waals surface area contributed by atoms with Gasteiger partial charge < -0.3 is 14.8 Å². The number of aryl methyl sites for hydroxylation is 1. The lowest BCUT2D eigenvalue weighted by Crippen LogP contribution is -2.34. The number of carbonyl (C=O) groups is 2. The summed E-state index contributed by atoms with van der Waals surface area (Å²) in [6.07, 6.45) is 2.00. The maximum Gasteiger partial charge on any atom is 0.338 e. The highest BCUT2D eigenvalue weighted by molar-refractivity contribution is 6.31. The molecular formula is C19H22ClN3O4. The Balaban J connectivity index is 1.52. The van der Waals surface area contributed by atoms with Crippen LogP contribution in [0, 0.1) is 13.8 Å². The van der Waals surface area contributed by atoms with Crippen molar-refractivity contribution in [3.63, 3.8) is 0 Å². The molecule has 2 aromatic rings. The lowest BCUT2D eigenvalue weighted by Gasteiger charge is -2.11. The molecule has 7 nitrogen and oxygen atoms in total. The topological polar surface area (TPSA) is 82.5 Å². The summed E-state index contributed by atoms with van der Waals surface area (Å²) in [4.78, 5) is 23.9. The van der Waals surface area contributed by atoms with Gasteiger partial charge in [-0.05, 0) is 51.0 Å². The van der Waals surface area contributed by atoms with Crippen LogP contribution in [-0.4, -0.2) is 47.5 Å². The zero-order chi connectivity index (χ0) is 19.4. The predicted molar refractivity (Wildman–Crippen MR) is 100 cm³/mol. The van der Waals surface area contributed by atoms with Gasteiger partial charge in [-0.3, -0.25) is 4.79 Å². The third-order valence-corrected chi connectivity index (χ3v) is 4.98. The molecule has 3 rings (SSSR count). The Morgan fingerprint density at radius 1 is 1.33 bits per heavy atom. The first-order valence-corrected chi connectivity index (χ1v) is 9.21. The lowest BCUT2D eigenvalue weighted by atomic mass is 10.2. The van der Waals surface area contributed by atoms with E-state index in [1.165, 1.54) is 0 Å². The molecule has 0 saturated carbocycles. The minimum absolute atomic E-state index is 0.0556. The Hall–Kier alpha value is -2.38. The van der Waals surface area contributed by atoms with Gasteiger partial charge in [-0.15, -0.1) is 0 Å². The van der Waals surface area contributed by atoms with Crippen LogP contribution in [0.2, 0.25) is 5.02 Å². The van der Waals surface area contributed by atoms with Crippen LogP contribution >= 0.6 is 11.6 Å². The summed E-state index contributed by atoms with van der Waals surface area (Å²) in [5.74, 6) is -0.895. The summed E-state index contributed by atoms with van der Waals surface area (Å²) >= 11 is 6.16. The minimum atomic E-state index is -0.555. The molecule has 1 aliphatic heterocycles. The van der Waals surface area contributed by atoms with E-state index in [-0.39, 0.29) is 18.6 Å². The van der Waals surface area contributed by atoms with E-state index in [4.69, 9.17) is 21.1 Å². The number of hydrogen-bond donors (Lipinski definition) is 1. The van der Waals surface area contributed by atoms with E-state index in [0.717, 1.165) is 36.5 Å². The number of hydrogen-bond acceptors (Lipinski definition) is 5. The number of nitrogens with one attached hydrogen (secondary N) is 1. The first kappa shape index (κ1) is 19.4. The maximum atomic E-state index is 12.1. The summed E-state index contributed by atoms with van der Waals surface area (Å²) in [5, 5.41) is 7.70. The zero-order valence-corrected chi connectivity index (χ0v) is 16.1. The summed E-state index contributed by atoms with van der Waals surface area (Å²) in [7, 11) is 0. The second kappa shape index (κ2) is 8.54. The predicted octanol–water partition coefficient (Wildman–Crippen LogP) is 2.59. The number of benzene rings is 1. The molecule has 0 radical (unpaired) electrons. The molecule has 1 saturated heterocycles. The Bertz CT molecular complexity index is 826. The van der Waals surface area contributed by atoms with Crippen molar-refractivity contribution in [3.8, 4) is 5.69 Å². The number of rotatable bonds is 6. The van der Waals surface area contributed by atoms with Gasteiger partial charge in [0, 0.05) is 13.2 Å². The van der Waals surface area contributed by atoms with Gasteiger partial charge in [-0.2, -0.15) is 5.10 Å². The van der Waals surface area contributed by atoms with Crippen molar-refractivity contribution in [2.75, 3.05) is 19.8 Å². The number of halogens is 1. The molecule has 2 heterocycles. The van der Waals surface area contributed by atoms with Crippen molar-refractivity contribution >= 4 is 23.5 Å². The van der Waals surface area contributed by atoms with Crippen LogP contribution in [0.4, 0.5) is 0 Å². The number of ether oxygens (including phenoxy) is 2. The molecule has 1 amide bonds. The molecule has 27 heavy (non-hydrogen) atoms. The molecule has 8 heteroatoms.